The minimum Gasteiger partial charge on any atom is -0.397 e. The molecule has 0 fully saturated rings. The highest BCUT2D eigenvalue weighted by Crippen LogP contribution is 2.09. The molecule has 4 N–H and O–H groups in total. The summed E-state index contributed by atoms with van der Waals surface area (Å²) in [6.45, 7) is 6.72. The molecule has 0 radical (unpaired) electrons. The number of hydrogen-bond donors (Lipinski definition) is 3. The average Bonchev–Trinajstić information content (AvgIpc) is 2.39. The topological polar surface area (TPSA) is 97.1 Å². The largest absolute Gasteiger partial charge is 0.397 e. The second-order valence-electron chi connectivity index (χ2n) is 5.11. The predicted octanol–water partition coefficient (Wildman–Crippen LogP) is 0.864. The second-order valence-corrected chi connectivity index (χ2v) is 5.11. The lowest BCUT2D eigenvalue weighted by atomic mass is 10.2. The average molecular weight is 278 g/mol. The summed E-state index contributed by atoms with van der Waals surface area (Å²) in [7, 11) is 0. The van der Waals surface area contributed by atoms with Crippen LogP contribution in [0.15, 0.2) is 12.3 Å². The van der Waals surface area contributed by atoms with E-state index in [9.17, 15) is 9.59 Å². The van der Waals surface area contributed by atoms with Gasteiger partial charge in [0.05, 0.1) is 23.1 Å². The van der Waals surface area contributed by atoms with Crippen LogP contribution in [0, 0.1) is 12.8 Å². The first-order chi connectivity index (χ1) is 9.40. The van der Waals surface area contributed by atoms with Crippen molar-refractivity contribution in [1.29, 1.82) is 0 Å². The predicted molar refractivity (Wildman–Crippen MR) is 78.2 cm³/mol. The first kappa shape index (κ1) is 15.9. The molecule has 110 valence electrons. The molecule has 1 aromatic heterocycles. The number of carbonyl (C=O) groups is 2. The summed E-state index contributed by atoms with van der Waals surface area (Å²) in [5.74, 6) is 0.0786. The normalized spacial score (nSPS) is 10.4. The zero-order valence-corrected chi connectivity index (χ0v) is 12.2. The summed E-state index contributed by atoms with van der Waals surface area (Å²) < 4.78 is 0. The first-order valence-corrected chi connectivity index (χ1v) is 6.67. The number of carbonyl (C=O) groups excluding carboxylic acids is 2. The molecule has 0 spiro atoms. The van der Waals surface area contributed by atoms with E-state index in [4.69, 9.17) is 5.73 Å². The third-order valence-electron chi connectivity index (χ3n) is 2.70. The minimum atomic E-state index is -0.265. The zero-order valence-electron chi connectivity index (χ0n) is 12.2. The Bertz CT molecular complexity index is 486. The number of aromatic nitrogens is 1. The van der Waals surface area contributed by atoms with Crippen molar-refractivity contribution in [3.8, 4) is 0 Å². The third-order valence-corrected chi connectivity index (χ3v) is 2.70. The van der Waals surface area contributed by atoms with Crippen molar-refractivity contribution in [3.63, 3.8) is 0 Å². The van der Waals surface area contributed by atoms with Gasteiger partial charge in [0.15, 0.2) is 0 Å². The van der Waals surface area contributed by atoms with Crippen molar-refractivity contribution in [2.75, 3.05) is 18.8 Å². The van der Waals surface area contributed by atoms with Gasteiger partial charge in [-0.1, -0.05) is 13.8 Å². The molecule has 0 saturated heterocycles. The van der Waals surface area contributed by atoms with E-state index in [1.165, 1.54) is 6.20 Å². The fourth-order valence-electron chi connectivity index (χ4n) is 1.57. The highest BCUT2D eigenvalue weighted by Gasteiger charge is 2.10. The Morgan fingerprint density at radius 2 is 2.05 bits per heavy atom. The minimum absolute atomic E-state index is 0.0681. The van der Waals surface area contributed by atoms with Crippen LogP contribution in [0.2, 0.25) is 0 Å². The molecule has 0 atom stereocenters. The second kappa shape index (κ2) is 7.47. The van der Waals surface area contributed by atoms with Crippen LogP contribution >= 0.6 is 0 Å². The van der Waals surface area contributed by atoms with Crippen LogP contribution in [-0.4, -0.2) is 29.9 Å². The Kier molecular flexibility index (Phi) is 5.96. The van der Waals surface area contributed by atoms with Crippen molar-refractivity contribution in [2.24, 2.45) is 5.92 Å². The van der Waals surface area contributed by atoms with E-state index in [0.29, 0.717) is 29.4 Å². The fraction of sp³-hybridized carbons (Fsp3) is 0.500. The van der Waals surface area contributed by atoms with Crippen molar-refractivity contribution >= 4 is 17.5 Å². The zero-order chi connectivity index (χ0) is 15.1. The summed E-state index contributed by atoms with van der Waals surface area (Å²) in [5, 5.41) is 5.48. The first-order valence-electron chi connectivity index (χ1n) is 6.67. The highest BCUT2D eigenvalue weighted by molar-refractivity contribution is 5.96. The molecule has 1 aromatic rings. The highest BCUT2D eigenvalue weighted by atomic mass is 16.2. The van der Waals surface area contributed by atoms with Gasteiger partial charge < -0.3 is 16.4 Å². The van der Waals surface area contributed by atoms with Crippen molar-refractivity contribution in [1.82, 2.24) is 15.6 Å². The lowest BCUT2D eigenvalue weighted by Gasteiger charge is -2.09. The summed E-state index contributed by atoms with van der Waals surface area (Å²) in [5.41, 5.74) is 7.09. The van der Waals surface area contributed by atoms with Gasteiger partial charge in [0.2, 0.25) is 5.91 Å². The van der Waals surface area contributed by atoms with Crippen molar-refractivity contribution < 1.29 is 9.59 Å². The summed E-state index contributed by atoms with van der Waals surface area (Å²) >= 11 is 0. The molecule has 0 saturated carbocycles. The monoisotopic (exact) mass is 278 g/mol. The number of pyridine rings is 1. The summed E-state index contributed by atoms with van der Waals surface area (Å²) in [6, 6.07) is 1.58. The van der Waals surface area contributed by atoms with Gasteiger partial charge in [0, 0.05) is 19.5 Å². The molecule has 1 rings (SSSR count). The van der Waals surface area contributed by atoms with Crippen LogP contribution in [0.3, 0.4) is 0 Å². The van der Waals surface area contributed by atoms with Crippen molar-refractivity contribution in [2.45, 2.75) is 27.2 Å². The molecule has 0 aromatic carbocycles. The van der Waals surface area contributed by atoms with Gasteiger partial charge >= 0.3 is 0 Å². The van der Waals surface area contributed by atoms with E-state index in [0.717, 1.165) is 0 Å². The Hall–Kier alpha value is -2.11. The number of anilines is 1. The van der Waals surface area contributed by atoms with E-state index in [1.807, 2.05) is 13.8 Å². The Morgan fingerprint density at radius 3 is 2.70 bits per heavy atom. The molecule has 0 aliphatic heterocycles. The molecule has 0 unspecified atom stereocenters. The summed E-state index contributed by atoms with van der Waals surface area (Å²) in [4.78, 5) is 27.4. The number of rotatable bonds is 6. The van der Waals surface area contributed by atoms with Crippen LogP contribution in [0.1, 0.15) is 36.3 Å². The van der Waals surface area contributed by atoms with Gasteiger partial charge in [-0.2, -0.15) is 0 Å². The molecule has 2 amide bonds. The number of hydrogen-bond acceptors (Lipinski definition) is 4. The molecular formula is C14H22N4O2. The van der Waals surface area contributed by atoms with Crippen molar-refractivity contribution in [3.05, 3.63) is 23.5 Å². The molecule has 1 heterocycles. The Labute approximate surface area is 119 Å². The summed E-state index contributed by atoms with van der Waals surface area (Å²) in [6.07, 6.45) is 1.76. The lowest BCUT2D eigenvalue weighted by molar-refractivity contribution is -0.121. The van der Waals surface area contributed by atoms with E-state index in [2.05, 4.69) is 15.6 Å². The van der Waals surface area contributed by atoms with Gasteiger partial charge in [0.1, 0.15) is 0 Å². The molecule has 0 aliphatic carbocycles. The van der Waals surface area contributed by atoms with E-state index < -0.39 is 0 Å². The van der Waals surface area contributed by atoms with Gasteiger partial charge in [0.25, 0.3) is 5.91 Å². The molecule has 0 aliphatic rings. The van der Waals surface area contributed by atoms with Gasteiger partial charge in [-0.15, -0.1) is 0 Å². The van der Waals surface area contributed by atoms with Crippen LogP contribution in [0.5, 0.6) is 0 Å². The number of nitrogen functional groups attached to an aromatic ring is 1. The van der Waals surface area contributed by atoms with Crippen LogP contribution in [-0.2, 0) is 4.79 Å². The maximum Gasteiger partial charge on any atom is 0.253 e. The van der Waals surface area contributed by atoms with E-state index in [1.54, 1.807) is 13.0 Å². The van der Waals surface area contributed by atoms with Crippen LogP contribution in [0.25, 0.3) is 0 Å². The molecular weight excluding hydrogens is 256 g/mol. The fourth-order valence-corrected chi connectivity index (χ4v) is 1.57. The number of nitrogens with one attached hydrogen (secondary N) is 2. The molecule has 20 heavy (non-hydrogen) atoms. The molecule has 6 nitrogen and oxygen atoms in total. The smallest absolute Gasteiger partial charge is 0.253 e. The number of nitrogens with zero attached hydrogens (tertiary/aromatic N) is 1. The van der Waals surface area contributed by atoms with Gasteiger partial charge in [-0.3, -0.25) is 14.6 Å². The maximum absolute atomic E-state index is 11.9. The Balaban J connectivity index is 2.40. The Morgan fingerprint density at radius 1 is 1.35 bits per heavy atom. The van der Waals surface area contributed by atoms with Gasteiger partial charge in [-0.25, -0.2) is 0 Å². The van der Waals surface area contributed by atoms with E-state index in [-0.39, 0.29) is 24.8 Å². The number of nitrogens with two attached hydrogens (primary N) is 1. The molecule has 6 heteroatoms. The quantitative estimate of drug-likeness (QED) is 0.719. The van der Waals surface area contributed by atoms with Gasteiger partial charge in [-0.05, 0) is 18.9 Å². The number of aryl methyl sites for hydroxylation is 1. The van der Waals surface area contributed by atoms with E-state index >= 15 is 0 Å². The lowest BCUT2D eigenvalue weighted by Crippen LogP contribution is -2.32. The van der Waals surface area contributed by atoms with Crippen LogP contribution < -0.4 is 16.4 Å². The molecule has 0 bridgehead atoms. The number of amides is 2. The SMILES string of the molecule is Cc1ncc(N)cc1C(=O)NCCC(=O)NCC(C)C. The maximum atomic E-state index is 11.9. The van der Waals surface area contributed by atoms with Crippen LogP contribution in [0.4, 0.5) is 5.69 Å². The third kappa shape index (κ3) is 5.26. The standard InChI is InChI=1S/C14H22N4O2/c1-9(2)7-18-13(19)4-5-16-14(20)12-6-11(15)8-17-10(12)3/h6,8-9H,4-5,7,15H2,1-3H3,(H,16,20)(H,18,19).